The highest BCUT2D eigenvalue weighted by Gasteiger charge is 2.30. The van der Waals surface area contributed by atoms with Gasteiger partial charge >= 0.3 is 6.18 Å². The quantitative estimate of drug-likeness (QED) is 0.164. The highest BCUT2D eigenvalue weighted by molar-refractivity contribution is 7.89. The number of carbonyl (C=O) groups excluding carboxylic acids is 1. The molecule has 1 amide bonds. The second kappa shape index (κ2) is 12.8. The fourth-order valence-electron chi connectivity index (χ4n) is 4.45. The Morgan fingerprint density at radius 1 is 0.756 bits per heavy atom. The number of allylic oxidation sites excluding steroid dienone is 1. The Balaban J connectivity index is 1.50. The van der Waals surface area contributed by atoms with Gasteiger partial charge in [-0.05, 0) is 63.6 Å². The maximum Gasteiger partial charge on any atom is 0.416 e. The van der Waals surface area contributed by atoms with Crippen molar-refractivity contribution < 1.29 is 26.4 Å². The van der Waals surface area contributed by atoms with Crippen molar-refractivity contribution in [1.82, 2.24) is 4.72 Å². The first-order valence-corrected chi connectivity index (χ1v) is 14.5. The van der Waals surface area contributed by atoms with Crippen molar-refractivity contribution in [2.45, 2.75) is 25.3 Å². The van der Waals surface area contributed by atoms with E-state index >= 15 is 0 Å². The number of sulfonamides is 1. The van der Waals surface area contributed by atoms with Gasteiger partial charge in [0.05, 0.1) is 11.3 Å². The Morgan fingerprint density at radius 3 is 1.83 bits per heavy atom. The molecule has 0 aromatic heterocycles. The second-order valence-electron chi connectivity index (χ2n) is 9.31. The SMILES string of the molecule is CC/C(=C(\c1ccccc1)c1ccc(/C=C/C(=O)NS(=O)(=O)Cc2ccc(C(F)(F)F)cc2)cc1)c1ccccc1. The molecule has 210 valence electrons. The summed E-state index contributed by atoms with van der Waals surface area (Å²) < 4.78 is 64.9. The maximum atomic E-state index is 12.7. The molecule has 4 nitrogen and oxygen atoms in total. The van der Waals surface area contributed by atoms with Gasteiger partial charge in [0.1, 0.15) is 0 Å². The van der Waals surface area contributed by atoms with Crippen LogP contribution in [0.15, 0.2) is 115 Å². The van der Waals surface area contributed by atoms with Gasteiger partial charge in [-0.2, -0.15) is 13.2 Å². The summed E-state index contributed by atoms with van der Waals surface area (Å²) in [5.74, 6) is -1.49. The lowest BCUT2D eigenvalue weighted by molar-refractivity contribution is -0.137. The molecule has 0 heterocycles. The first-order valence-electron chi connectivity index (χ1n) is 12.9. The van der Waals surface area contributed by atoms with Crippen molar-refractivity contribution in [3.05, 3.63) is 149 Å². The summed E-state index contributed by atoms with van der Waals surface area (Å²) in [7, 11) is -4.11. The predicted molar refractivity (Wildman–Crippen MR) is 157 cm³/mol. The summed E-state index contributed by atoms with van der Waals surface area (Å²) in [5.41, 5.74) is 5.43. The third-order valence-corrected chi connectivity index (χ3v) is 7.59. The van der Waals surface area contributed by atoms with Crippen LogP contribution >= 0.6 is 0 Å². The minimum atomic E-state index is -4.52. The van der Waals surface area contributed by atoms with E-state index in [1.165, 1.54) is 11.6 Å². The van der Waals surface area contributed by atoms with E-state index in [1.54, 1.807) is 0 Å². The smallest absolute Gasteiger partial charge is 0.269 e. The molecule has 0 saturated heterocycles. The van der Waals surface area contributed by atoms with Crippen LogP contribution in [0.1, 0.15) is 46.7 Å². The standard InChI is InChI=1S/C33H28F3NO3S/c1-2-30(26-9-5-3-6-10-26)32(27-11-7-4-8-12-27)28-18-13-24(14-19-28)17-22-31(38)37-41(39,40)23-25-15-20-29(21-16-25)33(34,35)36/h3-22H,2,23H2,1H3,(H,37,38)/b22-17+,32-30-. The first kappa shape index (κ1) is 29.6. The third-order valence-electron chi connectivity index (χ3n) is 6.36. The van der Waals surface area contributed by atoms with Gasteiger partial charge in [-0.1, -0.05) is 104 Å². The molecule has 8 heteroatoms. The number of alkyl halides is 3. The Bertz CT molecular complexity index is 1640. The largest absolute Gasteiger partial charge is 0.416 e. The van der Waals surface area contributed by atoms with Gasteiger partial charge in [0.15, 0.2) is 0 Å². The van der Waals surface area contributed by atoms with Crippen LogP contribution < -0.4 is 4.72 Å². The van der Waals surface area contributed by atoms with E-state index in [4.69, 9.17) is 0 Å². The number of nitrogens with one attached hydrogen (secondary N) is 1. The summed E-state index contributed by atoms with van der Waals surface area (Å²) in [6.45, 7) is 2.12. The molecule has 4 aromatic rings. The lowest BCUT2D eigenvalue weighted by Crippen LogP contribution is -2.30. The highest BCUT2D eigenvalue weighted by Crippen LogP contribution is 2.34. The number of benzene rings is 4. The van der Waals surface area contributed by atoms with Gasteiger partial charge in [0.2, 0.25) is 10.0 Å². The Kier molecular flexibility index (Phi) is 9.24. The molecule has 0 aliphatic rings. The zero-order valence-electron chi connectivity index (χ0n) is 22.2. The third kappa shape index (κ3) is 8.05. The Hall–Kier alpha value is -4.43. The summed E-state index contributed by atoms with van der Waals surface area (Å²) in [6.07, 6.45) is -1.10. The van der Waals surface area contributed by atoms with Crippen molar-refractivity contribution >= 4 is 33.2 Å². The van der Waals surface area contributed by atoms with Gasteiger partial charge in [-0.25, -0.2) is 13.1 Å². The number of amides is 1. The van der Waals surface area contributed by atoms with Crippen LogP contribution in [0.2, 0.25) is 0 Å². The number of hydrogen-bond acceptors (Lipinski definition) is 3. The minimum absolute atomic E-state index is 0.127. The van der Waals surface area contributed by atoms with Gasteiger partial charge in [0.25, 0.3) is 5.91 Å². The van der Waals surface area contributed by atoms with Crippen LogP contribution in [0.25, 0.3) is 17.2 Å². The van der Waals surface area contributed by atoms with E-state index in [9.17, 15) is 26.4 Å². The molecule has 0 spiro atoms. The molecular weight excluding hydrogens is 547 g/mol. The molecule has 0 radical (unpaired) electrons. The zero-order valence-corrected chi connectivity index (χ0v) is 23.0. The van der Waals surface area contributed by atoms with Gasteiger partial charge in [0, 0.05) is 6.08 Å². The number of halogens is 3. The zero-order chi connectivity index (χ0) is 29.5. The van der Waals surface area contributed by atoms with Gasteiger partial charge in [-0.15, -0.1) is 0 Å². The normalized spacial score (nSPS) is 12.7. The van der Waals surface area contributed by atoms with Crippen molar-refractivity contribution in [2.75, 3.05) is 0 Å². The molecule has 4 aromatic carbocycles. The van der Waals surface area contributed by atoms with Crippen LogP contribution in [0.5, 0.6) is 0 Å². The van der Waals surface area contributed by atoms with Crippen molar-refractivity contribution in [2.24, 2.45) is 0 Å². The maximum absolute atomic E-state index is 12.7. The average molecular weight is 576 g/mol. The van der Waals surface area contributed by atoms with Crippen LogP contribution in [0.3, 0.4) is 0 Å². The summed E-state index contributed by atoms with van der Waals surface area (Å²) in [4.78, 5) is 12.3. The van der Waals surface area contributed by atoms with E-state index in [0.717, 1.165) is 59.0 Å². The minimum Gasteiger partial charge on any atom is -0.269 e. The molecule has 0 aliphatic heterocycles. The second-order valence-corrected chi connectivity index (χ2v) is 11.0. The first-order chi connectivity index (χ1) is 19.6. The van der Waals surface area contributed by atoms with Crippen LogP contribution in [-0.2, 0) is 26.7 Å². The van der Waals surface area contributed by atoms with Gasteiger partial charge < -0.3 is 0 Å². The van der Waals surface area contributed by atoms with Crippen LogP contribution in [0.4, 0.5) is 13.2 Å². The summed E-state index contributed by atoms with van der Waals surface area (Å²) >= 11 is 0. The molecule has 1 N–H and O–H groups in total. The molecule has 0 aliphatic carbocycles. The topological polar surface area (TPSA) is 63.2 Å². The molecule has 4 rings (SSSR count). The molecule has 0 unspecified atom stereocenters. The average Bonchev–Trinajstić information content (AvgIpc) is 2.95. The van der Waals surface area contributed by atoms with E-state index in [2.05, 4.69) is 31.2 Å². The predicted octanol–water partition coefficient (Wildman–Crippen LogP) is 7.73. The molecule has 0 bridgehead atoms. The molecule has 0 saturated carbocycles. The highest BCUT2D eigenvalue weighted by atomic mass is 32.2. The number of carbonyl (C=O) groups is 1. The fourth-order valence-corrected chi connectivity index (χ4v) is 5.53. The van der Waals surface area contributed by atoms with Crippen molar-refractivity contribution in [3.63, 3.8) is 0 Å². The number of rotatable bonds is 9. The molecule has 0 atom stereocenters. The van der Waals surface area contributed by atoms with Crippen LogP contribution in [-0.4, -0.2) is 14.3 Å². The van der Waals surface area contributed by atoms with Crippen molar-refractivity contribution in [1.29, 1.82) is 0 Å². The van der Waals surface area contributed by atoms with Gasteiger partial charge in [-0.3, -0.25) is 4.79 Å². The monoisotopic (exact) mass is 575 g/mol. The summed E-state index contributed by atoms with van der Waals surface area (Å²) in [5, 5.41) is 0. The lowest BCUT2D eigenvalue weighted by Gasteiger charge is -2.16. The summed E-state index contributed by atoms with van der Waals surface area (Å²) in [6, 6.07) is 31.6. The van der Waals surface area contributed by atoms with Crippen molar-refractivity contribution in [3.8, 4) is 0 Å². The molecule has 41 heavy (non-hydrogen) atoms. The Labute approximate surface area is 237 Å². The molecule has 0 fully saturated rings. The lowest BCUT2D eigenvalue weighted by atomic mass is 9.88. The molecular formula is C33H28F3NO3S. The van der Waals surface area contributed by atoms with E-state index < -0.39 is 33.4 Å². The number of hydrogen-bond donors (Lipinski definition) is 1. The van der Waals surface area contributed by atoms with E-state index in [0.29, 0.717) is 5.56 Å². The van der Waals surface area contributed by atoms with Crippen LogP contribution in [0, 0.1) is 0 Å². The van der Waals surface area contributed by atoms with E-state index in [-0.39, 0.29) is 5.56 Å². The Morgan fingerprint density at radius 2 is 1.29 bits per heavy atom. The fraction of sp³-hybridized carbons (Fsp3) is 0.121. The van der Waals surface area contributed by atoms with E-state index in [1.807, 2.05) is 65.4 Å².